The molecule has 4 nitrogen and oxygen atoms in total. The van der Waals surface area contributed by atoms with Gasteiger partial charge in [0.25, 0.3) is 0 Å². The summed E-state index contributed by atoms with van der Waals surface area (Å²) in [5.74, 6) is 0. The van der Waals surface area contributed by atoms with Crippen LogP contribution in [0.4, 0.5) is 5.69 Å². The van der Waals surface area contributed by atoms with Crippen LogP contribution in [0.15, 0.2) is 71.6 Å². The molecule has 6 heteroatoms. The summed E-state index contributed by atoms with van der Waals surface area (Å²) in [7, 11) is -3.48. The van der Waals surface area contributed by atoms with Gasteiger partial charge in [-0.1, -0.05) is 54.1 Å². The van der Waals surface area contributed by atoms with E-state index in [0.717, 1.165) is 29.3 Å². The van der Waals surface area contributed by atoms with Gasteiger partial charge in [0.2, 0.25) is 10.0 Å². The molecule has 3 aromatic rings. The van der Waals surface area contributed by atoms with E-state index in [1.165, 1.54) is 0 Å². The van der Waals surface area contributed by atoms with Gasteiger partial charge in [-0.15, -0.1) is 0 Å². The number of sulfonamides is 1. The molecule has 0 radical (unpaired) electrons. The Kier molecular flexibility index (Phi) is 5.08. The second-order valence-electron chi connectivity index (χ2n) is 6.81. The van der Waals surface area contributed by atoms with Gasteiger partial charge < -0.3 is 5.32 Å². The minimum atomic E-state index is -3.48. The third-order valence-electron chi connectivity index (χ3n) is 5.05. The third kappa shape index (κ3) is 3.81. The van der Waals surface area contributed by atoms with E-state index in [4.69, 9.17) is 11.6 Å². The Morgan fingerprint density at radius 1 is 0.889 bits per heavy atom. The first-order chi connectivity index (χ1) is 13.0. The summed E-state index contributed by atoms with van der Waals surface area (Å²) < 4.78 is 27.7. The number of para-hydroxylation sites is 1. The number of halogens is 1. The van der Waals surface area contributed by atoms with E-state index >= 15 is 0 Å². The van der Waals surface area contributed by atoms with Crippen molar-refractivity contribution in [2.24, 2.45) is 0 Å². The van der Waals surface area contributed by atoms with Crippen LogP contribution in [0.1, 0.15) is 12.8 Å². The van der Waals surface area contributed by atoms with Crippen molar-refractivity contribution in [1.29, 1.82) is 0 Å². The molecule has 1 aliphatic rings. The molecule has 0 unspecified atom stereocenters. The molecule has 4 rings (SSSR count). The maximum atomic E-state index is 13.0. The van der Waals surface area contributed by atoms with Crippen molar-refractivity contribution in [3.63, 3.8) is 0 Å². The van der Waals surface area contributed by atoms with E-state index in [-0.39, 0.29) is 6.04 Å². The number of nitrogens with zero attached hydrogens (tertiary/aromatic N) is 1. The summed E-state index contributed by atoms with van der Waals surface area (Å²) in [5, 5.41) is 6.10. The molecule has 1 aliphatic heterocycles. The maximum absolute atomic E-state index is 13.0. The first kappa shape index (κ1) is 18.3. The molecule has 1 saturated heterocycles. The van der Waals surface area contributed by atoms with Crippen molar-refractivity contribution in [1.82, 2.24) is 4.31 Å². The van der Waals surface area contributed by atoms with E-state index in [1.807, 2.05) is 54.6 Å². The summed E-state index contributed by atoms with van der Waals surface area (Å²) in [6.07, 6.45) is 1.50. The van der Waals surface area contributed by atoms with Gasteiger partial charge in [-0.2, -0.15) is 4.31 Å². The monoisotopic (exact) mass is 400 g/mol. The topological polar surface area (TPSA) is 49.4 Å². The molecule has 0 bridgehead atoms. The fourth-order valence-electron chi connectivity index (χ4n) is 3.52. The summed E-state index contributed by atoms with van der Waals surface area (Å²) in [6, 6.07) is 21.0. The van der Waals surface area contributed by atoms with Crippen LogP contribution in [0.5, 0.6) is 0 Å². The number of rotatable bonds is 4. The van der Waals surface area contributed by atoms with Crippen LogP contribution < -0.4 is 5.32 Å². The van der Waals surface area contributed by atoms with Crippen LogP contribution in [-0.2, 0) is 10.0 Å². The molecular weight excluding hydrogens is 380 g/mol. The highest BCUT2D eigenvalue weighted by Crippen LogP contribution is 2.27. The smallest absolute Gasteiger partial charge is 0.243 e. The first-order valence-corrected chi connectivity index (χ1v) is 10.9. The zero-order chi connectivity index (χ0) is 18.9. The second-order valence-corrected chi connectivity index (χ2v) is 9.16. The quantitative estimate of drug-likeness (QED) is 0.687. The molecule has 1 heterocycles. The number of piperidine rings is 1. The third-order valence-corrected chi connectivity index (χ3v) is 7.27. The van der Waals surface area contributed by atoms with Gasteiger partial charge in [0.05, 0.1) is 15.6 Å². The zero-order valence-corrected chi connectivity index (χ0v) is 16.4. The van der Waals surface area contributed by atoms with Crippen LogP contribution in [0, 0.1) is 0 Å². The lowest BCUT2D eigenvalue weighted by Crippen LogP contribution is -2.42. The van der Waals surface area contributed by atoms with Crippen LogP contribution in [0.25, 0.3) is 10.8 Å². The first-order valence-electron chi connectivity index (χ1n) is 9.04. The fourth-order valence-corrected chi connectivity index (χ4v) is 5.21. The molecule has 0 aromatic heterocycles. The predicted octanol–water partition coefficient (Wildman–Crippen LogP) is 4.76. The predicted molar refractivity (Wildman–Crippen MR) is 111 cm³/mol. The highest BCUT2D eigenvalue weighted by Gasteiger charge is 2.29. The van der Waals surface area contributed by atoms with Crippen LogP contribution >= 0.6 is 11.6 Å². The number of hydrogen-bond donors (Lipinski definition) is 1. The van der Waals surface area contributed by atoms with Crippen LogP contribution in [-0.4, -0.2) is 31.9 Å². The summed E-state index contributed by atoms with van der Waals surface area (Å²) >= 11 is 6.20. The van der Waals surface area contributed by atoms with Crippen molar-refractivity contribution in [2.45, 2.75) is 23.8 Å². The summed E-state index contributed by atoms with van der Waals surface area (Å²) in [6.45, 7) is 0.995. The molecule has 0 saturated carbocycles. The van der Waals surface area contributed by atoms with Gasteiger partial charge in [0.15, 0.2) is 0 Å². The number of benzene rings is 3. The maximum Gasteiger partial charge on any atom is 0.243 e. The van der Waals surface area contributed by atoms with E-state index in [1.54, 1.807) is 16.4 Å². The van der Waals surface area contributed by atoms with E-state index in [2.05, 4.69) is 5.32 Å². The van der Waals surface area contributed by atoms with Crippen molar-refractivity contribution < 1.29 is 8.42 Å². The van der Waals surface area contributed by atoms with Crippen LogP contribution in [0.2, 0.25) is 5.02 Å². The largest absolute Gasteiger partial charge is 0.381 e. The standard InChI is InChI=1S/C21H21ClN2O2S/c22-20-7-3-4-8-21(20)23-18-11-13-24(14-12-18)27(25,26)19-10-9-16-5-1-2-6-17(16)15-19/h1-10,15,18,23H,11-14H2. The average Bonchev–Trinajstić information content (AvgIpc) is 2.70. The number of fused-ring (bicyclic) bond motifs is 1. The number of hydrogen-bond acceptors (Lipinski definition) is 3. The highest BCUT2D eigenvalue weighted by molar-refractivity contribution is 7.89. The molecule has 3 aromatic carbocycles. The molecule has 0 amide bonds. The molecule has 0 aliphatic carbocycles. The molecular formula is C21H21ClN2O2S. The minimum Gasteiger partial charge on any atom is -0.381 e. The van der Waals surface area contributed by atoms with Gasteiger partial charge in [-0.25, -0.2) is 8.42 Å². The summed E-state index contributed by atoms with van der Waals surface area (Å²) in [5.41, 5.74) is 0.898. The Balaban J connectivity index is 1.47. The Labute approximate surface area is 164 Å². The molecule has 140 valence electrons. The second kappa shape index (κ2) is 7.50. The van der Waals surface area contributed by atoms with Crippen molar-refractivity contribution in [2.75, 3.05) is 18.4 Å². The molecule has 0 spiro atoms. The van der Waals surface area contributed by atoms with Gasteiger partial charge in [0.1, 0.15) is 0 Å². The molecule has 1 N–H and O–H groups in total. The van der Waals surface area contributed by atoms with Crippen molar-refractivity contribution >= 4 is 38.1 Å². The Morgan fingerprint density at radius 3 is 2.30 bits per heavy atom. The molecule has 27 heavy (non-hydrogen) atoms. The van der Waals surface area contributed by atoms with E-state index < -0.39 is 10.0 Å². The van der Waals surface area contributed by atoms with E-state index in [9.17, 15) is 8.42 Å². The SMILES string of the molecule is O=S(=O)(c1ccc2ccccc2c1)N1CCC(Nc2ccccc2Cl)CC1. The highest BCUT2D eigenvalue weighted by atomic mass is 35.5. The Morgan fingerprint density at radius 2 is 1.56 bits per heavy atom. The lowest BCUT2D eigenvalue weighted by atomic mass is 10.1. The van der Waals surface area contributed by atoms with Gasteiger partial charge >= 0.3 is 0 Å². The fraction of sp³-hybridized carbons (Fsp3) is 0.238. The lowest BCUT2D eigenvalue weighted by molar-refractivity contribution is 0.330. The lowest BCUT2D eigenvalue weighted by Gasteiger charge is -2.32. The average molecular weight is 401 g/mol. The minimum absolute atomic E-state index is 0.216. The number of nitrogens with one attached hydrogen (secondary N) is 1. The van der Waals surface area contributed by atoms with Crippen LogP contribution in [0.3, 0.4) is 0 Å². The Hall–Kier alpha value is -2.08. The molecule has 1 fully saturated rings. The van der Waals surface area contributed by atoms with Gasteiger partial charge in [-0.3, -0.25) is 0 Å². The zero-order valence-electron chi connectivity index (χ0n) is 14.8. The van der Waals surface area contributed by atoms with Gasteiger partial charge in [0, 0.05) is 19.1 Å². The van der Waals surface area contributed by atoms with E-state index in [0.29, 0.717) is 23.0 Å². The van der Waals surface area contributed by atoms with Crippen molar-refractivity contribution in [3.8, 4) is 0 Å². The Bertz CT molecular complexity index is 1060. The normalized spacial score (nSPS) is 16.5. The van der Waals surface area contributed by atoms with Crippen molar-refractivity contribution in [3.05, 3.63) is 71.8 Å². The summed E-state index contributed by atoms with van der Waals surface area (Å²) in [4.78, 5) is 0.360. The molecule has 0 atom stereocenters. The van der Waals surface area contributed by atoms with Gasteiger partial charge in [-0.05, 0) is 47.9 Å². The number of anilines is 1.